The minimum atomic E-state index is -0.563. The molecule has 4 aromatic rings. The molecule has 0 radical (unpaired) electrons. The van der Waals surface area contributed by atoms with Crippen molar-refractivity contribution in [2.45, 2.75) is 24.0 Å². The number of aliphatic hydroxyl groups is 1. The maximum absolute atomic E-state index is 11.0. The van der Waals surface area contributed by atoms with Gasteiger partial charge in [0.05, 0.1) is 23.9 Å². The Morgan fingerprint density at radius 2 is 1.81 bits per heavy atom. The van der Waals surface area contributed by atoms with Crippen LogP contribution in [-0.4, -0.2) is 16.7 Å². The van der Waals surface area contributed by atoms with Crippen molar-refractivity contribution in [2.24, 2.45) is 5.92 Å². The molecule has 5 heteroatoms. The Morgan fingerprint density at radius 3 is 2.71 bits per heavy atom. The Morgan fingerprint density at radius 1 is 0.968 bits per heavy atom. The van der Waals surface area contributed by atoms with E-state index in [2.05, 4.69) is 23.2 Å². The second kappa shape index (κ2) is 9.10. The number of nitrogens with zero attached hydrogens (tertiary/aromatic N) is 1. The SMILES string of the molecule is OC1c2cc(SOCc3ccc4ccccc4n3)ccc2OCC1Cc1ccccc1. The second-order valence-electron chi connectivity index (χ2n) is 7.75. The Balaban J connectivity index is 1.24. The summed E-state index contributed by atoms with van der Waals surface area (Å²) in [5.41, 5.74) is 3.88. The van der Waals surface area contributed by atoms with Gasteiger partial charge in [0.25, 0.3) is 0 Å². The highest BCUT2D eigenvalue weighted by Crippen LogP contribution is 2.39. The van der Waals surface area contributed by atoms with E-state index in [-0.39, 0.29) is 5.92 Å². The highest BCUT2D eigenvalue weighted by Gasteiger charge is 2.29. The van der Waals surface area contributed by atoms with Gasteiger partial charge in [-0.1, -0.05) is 54.6 Å². The van der Waals surface area contributed by atoms with E-state index in [9.17, 15) is 5.11 Å². The zero-order valence-corrected chi connectivity index (χ0v) is 17.8. The monoisotopic (exact) mass is 429 g/mol. The third kappa shape index (κ3) is 4.59. The van der Waals surface area contributed by atoms with E-state index in [0.717, 1.165) is 39.2 Å². The molecule has 0 spiro atoms. The average Bonchev–Trinajstić information content (AvgIpc) is 2.82. The minimum Gasteiger partial charge on any atom is -0.493 e. The number of pyridine rings is 1. The Bertz CT molecular complexity index is 1180. The van der Waals surface area contributed by atoms with Crippen LogP contribution in [0.4, 0.5) is 0 Å². The third-order valence-electron chi connectivity index (χ3n) is 5.56. The number of hydrogen-bond acceptors (Lipinski definition) is 5. The normalized spacial score (nSPS) is 17.8. The lowest BCUT2D eigenvalue weighted by atomic mass is 9.88. The van der Waals surface area contributed by atoms with E-state index >= 15 is 0 Å². The van der Waals surface area contributed by atoms with Crippen molar-refractivity contribution in [3.8, 4) is 5.75 Å². The number of ether oxygens (including phenoxy) is 1. The highest BCUT2D eigenvalue weighted by molar-refractivity contribution is 7.94. The van der Waals surface area contributed by atoms with Crippen molar-refractivity contribution in [1.82, 2.24) is 4.98 Å². The topological polar surface area (TPSA) is 51.6 Å². The Kier molecular flexibility index (Phi) is 5.89. The van der Waals surface area contributed by atoms with Gasteiger partial charge in [-0.05, 0) is 42.3 Å². The molecule has 4 nitrogen and oxygen atoms in total. The van der Waals surface area contributed by atoms with E-state index in [4.69, 9.17) is 8.92 Å². The van der Waals surface area contributed by atoms with Gasteiger partial charge in [-0.3, -0.25) is 4.98 Å². The molecule has 1 aliphatic rings. The van der Waals surface area contributed by atoms with Crippen LogP contribution in [-0.2, 0) is 17.2 Å². The van der Waals surface area contributed by atoms with Gasteiger partial charge < -0.3 is 14.0 Å². The Labute approximate surface area is 186 Å². The van der Waals surface area contributed by atoms with Gasteiger partial charge >= 0.3 is 0 Å². The molecule has 0 bridgehead atoms. The van der Waals surface area contributed by atoms with Gasteiger partial charge in [0, 0.05) is 33.8 Å². The molecule has 3 aromatic carbocycles. The first kappa shape index (κ1) is 20.1. The van der Waals surface area contributed by atoms with Crippen molar-refractivity contribution < 1.29 is 14.0 Å². The van der Waals surface area contributed by atoms with Crippen molar-refractivity contribution in [3.05, 3.63) is 102 Å². The summed E-state index contributed by atoms with van der Waals surface area (Å²) in [6.07, 6.45) is 0.217. The molecule has 2 heterocycles. The van der Waals surface area contributed by atoms with E-state index in [1.165, 1.54) is 17.6 Å². The first-order valence-corrected chi connectivity index (χ1v) is 11.1. The fraction of sp³-hybridized carbons (Fsp3) is 0.192. The molecule has 2 unspecified atom stereocenters. The van der Waals surface area contributed by atoms with Crippen molar-refractivity contribution in [2.75, 3.05) is 6.61 Å². The maximum atomic E-state index is 11.0. The molecule has 0 aliphatic carbocycles. The summed E-state index contributed by atoms with van der Waals surface area (Å²) in [6.45, 7) is 0.919. The van der Waals surface area contributed by atoms with Crippen LogP contribution in [0, 0.1) is 5.92 Å². The van der Waals surface area contributed by atoms with Gasteiger partial charge in [-0.15, -0.1) is 0 Å². The van der Waals surface area contributed by atoms with Crippen molar-refractivity contribution in [1.29, 1.82) is 0 Å². The van der Waals surface area contributed by atoms with Gasteiger partial charge in [-0.25, -0.2) is 0 Å². The smallest absolute Gasteiger partial charge is 0.125 e. The third-order valence-corrected chi connectivity index (χ3v) is 6.24. The molecule has 1 aromatic heterocycles. The number of aliphatic hydroxyl groups excluding tert-OH is 1. The molecule has 0 saturated heterocycles. The summed E-state index contributed by atoms with van der Waals surface area (Å²) in [5, 5.41) is 12.1. The number of para-hydroxylation sites is 1. The summed E-state index contributed by atoms with van der Waals surface area (Å²) < 4.78 is 11.8. The van der Waals surface area contributed by atoms with Gasteiger partial charge in [0.1, 0.15) is 12.4 Å². The summed E-state index contributed by atoms with van der Waals surface area (Å²) >= 11 is 1.29. The molecular weight excluding hydrogens is 406 g/mol. The van der Waals surface area contributed by atoms with Crippen LogP contribution in [0.25, 0.3) is 10.9 Å². The molecular formula is C26H23NO3S. The van der Waals surface area contributed by atoms with Crippen molar-refractivity contribution >= 4 is 22.9 Å². The molecule has 156 valence electrons. The summed E-state index contributed by atoms with van der Waals surface area (Å²) in [5.74, 6) is 0.773. The van der Waals surface area contributed by atoms with Crippen LogP contribution >= 0.6 is 12.0 Å². The fourth-order valence-electron chi connectivity index (χ4n) is 3.92. The standard InChI is InChI=1S/C26H23NO3S/c28-26-20(14-18-6-2-1-3-7-18)16-29-25-13-12-22(15-23(25)26)31-30-17-21-11-10-19-8-4-5-9-24(19)27-21/h1-13,15,20,26,28H,14,16-17H2. The number of fused-ring (bicyclic) bond motifs is 2. The number of hydrogen-bond donors (Lipinski definition) is 1. The average molecular weight is 430 g/mol. The molecule has 31 heavy (non-hydrogen) atoms. The summed E-state index contributed by atoms with van der Waals surface area (Å²) in [7, 11) is 0. The molecule has 1 N–H and O–H groups in total. The molecule has 1 aliphatic heterocycles. The zero-order chi connectivity index (χ0) is 21.0. The van der Waals surface area contributed by atoms with Gasteiger partial charge in [-0.2, -0.15) is 0 Å². The van der Waals surface area contributed by atoms with E-state index < -0.39 is 6.10 Å². The molecule has 2 atom stereocenters. The van der Waals surface area contributed by atoms with Crippen LogP contribution in [0.1, 0.15) is 22.9 Å². The second-order valence-corrected chi connectivity index (χ2v) is 8.62. The lowest BCUT2D eigenvalue weighted by molar-refractivity contribution is 0.0505. The molecule has 0 fully saturated rings. The van der Waals surface area contributed by atoms with E-state index in [0.29, 0.717) is 13.2 Å². The Hall–Kier alpha value is -2.86. The van der Waals surface area contributed by atoms with Crippen LogP contribution < -0.4 is 4.74 Å². The largest absolute Gasteiger partial charge is 0.493 e. The predicted molar refractivity (Wildman–Crippen MR) is 123 cm³/mol. The quantitative estimate of drug-likeness (QED) is 0.396. The number of benzene rings is 3. The van der Waals surface area contributed by atoms with Gasteiger partial charge in [0.15, 0.2) is 0 Å². The first-order valence-electron chi connectivity index (χ1n) is 10.4. The predicted octanol–water partition coefficient (Wildman–Crippen LogP) is 5.74. The van der Waals surface area contributed by atoms with E-state index in [1.807, 2.05) is 66.7 Å². The fourth-order valence-corrected chi connectivity index (χ4v) is 4.53. The van der Waals surface area contributed by atoms with Crippen molar-refractivity contribution in [3.63, 3.8) is 0 Å². The van der Waals surface area contributed by atoms with Crippen LogP contribution in [0.15, 0.2) is 89.8 Å². The molecule has 0 amide bonds. The van der Waals surface area contributed by atoms with Gasteiger partial charge in [0.2, 0.25) is 0 Å². The van der Waals surface area contributed by atoms with Crippen LogP contribution in [0.3, 0.4) is 0 Å². The molecule has 5 rings (SSSR count). The lowest BCUT2D eigenvalue weighted by Gasteiger charge is -2.30. The summed E-state index contributed by atoms with van der Waals surface area (Å²) in [6, 6.07) is 28.2. The zero-order valence-electron chi connectivity index (χ0n) is 17.0. The number of rotatable bonds is 6. The van der Waals surface area contributed by atoms with E-state index in [1.54, 1.807) is 0 Å². The minimum absolute atomic E-state index is 0.0258. The van der Waals surface area contributed by atoms with Crippen LogP contribution in [0.5, 0.6) is 5.75 Å². The molecule has 0 saturated carbocycles. The van der Waals surface area contributed by atoms with Crippen LogP contribution in [0.2, 0.25) is 0 Å². The first-order chi connectivity index (χ1) is 15.3. The lowest BCUT2D eigenvalue weighted by Crippen LogP contribution is -2.27. The highest BCUT2D eigenvalue weighted by atomic mass is 32.2. The summed E-state index contributed by atoms with van der Waals surface area (Å²) in [4.78, 5) is 5.57. The number of aromatic nitrogens is 1. The maximum Gasteiger partial charge on any atom is 0.125 e.